The Morgan fingerprint density at radius 3 is 2.24 bits per heavy atom. The van der Waals surface area contributed by atoms with Crippen LogP contribution < -0.4 is 0 Å². The van der Waals surface area contributed by atoms with Gasteiger partial charge in [-0.25, -0.2) is 4.79 Å². The molecule has 1 saturated heterocycles. The Balaban J connectivity index is 2.45. The topological polar surface area (TPSA) is 160 Å². The SMILES string of the molecule is C/C=C\[C@H](C)[C@H]1O[C@]1(C)[C@H](O)[C@H]1COC(=O)[C@H](O)C(OC)[C@H](C)C(=O)[C@H](C)C(O)/C(C)=C/[C@H](C)C(=O)CC[C@@H](C)C1=O. The van der Waals surface area contributed by atoms with E-state index in [4.69, 9.17) is 14.2 Å². The minimum atomic E-state index is -1.87. The average molecular weight is 595 g/mol. The van der Waals surface area contributed by atoms with Gasteiger partial charge in [0, 0.05) is 43.1 Å². The molecule has 0 amide bonds. The zero-order valence-corrected chi connectivity index (χ0v) is 26.4. The molecule has 42 heavy (non-hydrogen) atoms. The molecular formula is C32H50O10. The first-order chi connectivity index (χ1) is 19.5. The Bertz CT molecular complexity index is 1050. The number of rotatable bonds is 5. The molecule has 0 aromatic carbocycles. The zero-order chi connectivity index (χ0) is 32.1. The maximum atomic E-state index is 13.7. The summed E-state index contributed by atoms with van der Waals surface area (Å²) in [5, 5.41) is 33.1. The number of epoxide rings is 1. The standard InChI is InChI=1S/C32H50O10/c1-10-11-17(3)30-32(8,42-30)29(38)22-15-41-31(39)27(37)28(40-9)21(7)26(36)20(6)24(34)19(5)14-18(4)23(33)13-12-16(2)25(22)35/h10-11,14,16-18,20-22,24,27-30,34,37-38H,12-13,15H2,1-9H3/b11-10-,19-14+/t16-,17+,18+,20-,21-,22+,24?,27-,28?,29-,30-,32-/m1/s1. The molecule has 0 spiro atoms. The normalized spacial score (nSPS) is 41.0. The van der Waals surface area contributed by atoms with Gasteiger partial charge in [0.15, 0.2) is 6.10 Å². The van der Waals surface area contributed by atoms with Crippen LogP contribution in [0.4, 0.5) is 0 Å². The van der Waals surface area contributed by atoms with Crippen LogP contribution in [0.5, 0.6) is 0 Å². The number of cyclic esters (lactones) is 1. The second kappa shape index (κ2) is 15.0. The van der Waals surface area contributed by atoms with Crippen molar-refractivity contribution in [2.24, 2.45) is 35.5 Å². The quantitative estimate of drug-likeness (QED) is 0.245. The van der Waals surface area contributed by atoms with Gasteiger partial charge in [0.25, 0.3) is 0 Å². The molecule has 12 atom stereocenters. The monoisotopic (exact) mass is 594 g/mol. The molecule has 0 aromatic heterocycles. The Kier molecular flexibility index (Phi) is 12.8. The number of Topliss-reactive ketones (excluding diaryl/α,β-unsaturated/α-hetero) is 3. The van der Waals surface area contributed by atoms with Gasteiger partial charge in [0.2, 0.25) is 0 Å². The van der Waals surface area contributed by atoms with Gasteiger partial charge in [0.1, 0.15) is 35.7 Å². The van der Waals surface area contributed by atoms with E-state index in [0.717, 1.165) is 0 Å². The van der Waals surface area contributed by atoms with Crippen LogP contribution in [0.2, 0.25) is 0 Å². The molecule has 1 fully saturated rings. The number of hydrogen-bond acceptors (Lipinski definition) is 10. The minimum Gasteiger partial charge on any atom is -0.463 e. The second-order valence-corrected chi connectivity index (χ2v) is 12.4. The average Bonchev–Trinajstić information content (AvgIpc) is 3.66. The number of aliphatic hydroxyl groups excluding tert-OH is 3. The van der Waals surface area contributed by atoms with Crippen LogP contribution >= 0.6 is 0 Å². The van der Waals surface area contributed by atoms with Crippen LogP contribution in [0.1, 0.15) is 68.2 Å². The van der Waals surface area contributed by atoms with Crippen molar-refractivity contribution in [1.29, 1.82) is 0 Å². The predicted octanol–water partition coefficient (Wildman–Crippen LogP) is 2.60. The number of esters is 1. The van der Waals surface area contributed by atoms with Crippen LogP contribution in [-0.4, -0.2) is 88.5 Å². The summed E-state index contributed by atoms with van der Waals surface area (Å²) in [4.78, 5) is 52.8. The van der Waals surface area contributed by atoms with Gasteiger partial charge in [0.05, 0.1) is 24.2 Å². The van der Waals surface area contributed by atoms with Crippen LogP contribution in [0.3, 0.4) is 0 Å². The third-order valence-electron chi connectivity index (χ3n) is 9.09. The highest BCUT2D eigenvalue weighted by Gasteiger charge is 2.62. The number of ether oxygens (including phenoxy) is 3. The van der Waals surface area contributed by atoms with E-state index in [0.29, 0.717) is 5.57 Å². The number of carbonyl (C=O) groups excluding carboxylic acids is 4. The fraction of sp³-hybridized carbons (Fsp3) is 0.750. The van der Waals surface area contributed by atoms with Gasteiger partial charge >= 0.3 is 5.97 Å². The number of aliphatic hydroxyl groups is 3. The van der Waals surface area contributed by atoms with E-state index in [2.05, 4.69) is 0 Å². The van der Waals surface area contributed by atoms with Gasteiger partial charge in [-0.1, -0.05) is 52.8 Å². The van der Waals surface area contributed by atoms with Crippen molar-refractivity contribution in [1.82, 2.24) is 0 Å². The summed E-state index contributed by atoms with van der Waals surface area (Å²) in [6.45, 7) is 13.0. The van der Waals surface area contributed by atoms with E-state index < -0.39 is 83.7 Å². The van der Waals surface area contributed by atoms with E-state index in [1.165, 1.54) is 21.0 Å². The second-order valence-electron chi connectivity index (χ2n) is 12.4. The summed E-state index contributed by atoms with van der Waals surface area (Å²) in [5.74, 6) is -6.48. The van der Waals surface area contributed by atoms with Gasteiger partial charge in [-0.15, -0.1) is 0 Å². The van der Waals surface area contributed by atoms with Crippen LogP contribution in [0, 0.1) is 35.5 Å². The molecule has 10 heteroatoms. The van der Waals surface area contributed by atoms with Gasteiger partial charge in [-0.2, -0.15) is 0 Å². The third kappa shape index (κ3) is 8.02. The highest BCUT2D eigenvalue weighted by Crippen LogP contribution is 2.47. The van der Waals surface area contributed by atoms with Gasteiger partial charge < -0.3 is 29.5 Å². The summed E-state index contributed by atoms with van der Waals surface area (Å²) >= 11 is 0. The van der Waals surface area contributed by atoms with Crippen molar-refractivity contribution in [3.05, 3.63) is 23.8 Å². The van der Waals surface area contributed by atoms with Crippen LogP contribution in [0.25, 0.3) is 0 Å². The highest BCUT2D eigenvalue weighted by atomic mass is 16.6. The largest absolute Gasteiger partial charge is 0.463 e. The van der Waals surface area contributed by atoms with Crippen molar-refractivity contribution in [3.8, 4) is 0 Å². The van der Waals surface area contributed by atoms with E-state index in [9.17, 15) is 34.5 Å². The molecule has 3 N–H and O–H groups in total. The number of methoxy groups -OCH3 is 1. The Morgan fingerprint density at radius 1 is 1.05 bits per heavy atom. The first-order valence-corrected chi connectivity index (χ1v) is 14.9. The molecule has 2 rings (SSSR count). The first kappa shape index (κ1) is 36.0. The maximum absolute atomic E-state index is 13.7. The fourth-order valence-corrected chi connectivity index (χ4v) is 6.04. The molecule has 2 aliphatic heterocycles. The molecule has 0 saturated carbocycles. The zero-order valence-electron chi connectivity index (χ0n) is 26.4. The molecule has 0 radical (unpaired) electrons. The third-order valence-corrected chi connectivity index (χ3v) is 9.09. The maximum Gasteiger partial charge on any atom is 0.337 e. The first-order valence-electron chi connectivity index (χ1n) is 14.9. The van der Waals surface area contributed by atoms with E-state index in [1.54, 1.807) is 33.8 Å². The molecular weight excluding hydrogens is 544 g/mol. The lowest BCUT2D eigenvalue weighted by molar-refractivity contribution is -0.168. The van der Waals surface area contributed by atoms with Crippen molar-refractivity contribution >= 4 is 23.3 Å². The molecule has 0 aliphatic carbocycles. The lowest BCUT2D eigenvalue weighted by atomic mass is 9.79. The van der Waals surface area contributed by atoms with Crippen LogP contribution in [-0.2, 0) is 33.4 Å². The van der Waals surface area contributed by atoms with Crippen molar-refractivity contribution in [3.63, 3.8) is 0 Å². The summed E-state index contributed by atoms with van der Waals surface area (Å²) in [6.07, 6.45) is -0.351. The molecule has 0 aromatic rings. The minimum absolute atomic E-state index is 0.0382. The molecule has 238 valence electrons. The van der Waals surface area contributed by atoms with E-state index in [-0.39, 0.29) is 30.6 Å². The Morgan fingerprint density at radius 2 is 1.67 bits per heavy atom. The lowest BCUT2D eigenvalue weighted by Crippen LogP contribution is -2.48. The fourth-order valence-electron chi connectivity index (χ4n) is 6.04. The number of carbonyl (C=O) groups is 4. The van der Waals surface area contributed by atoms with Crippen molar-refractivity contribution < 1.29 is 48.7 Å². The summed E-state index contributed by atoms with van der Waals surface area (Å²) in [5.41, 5.74) is -0.633. The summed E-state index contributed by atoms with van der Waals surface area (Å²) in [7, 11) is 1.24. The Labute approximate surface area is 249 Å². The summed E-state index contributed by atoms with van der Waals surface area (Å²) < 4.78 is 16.6. The number of allylic oxidation sites excluding steroid dienone is 2. The molecule has 2 heterocycles. The van der Waals surface area contributed by atoms with Crippen molar-refractivity contribution in [2.45, 2.75) is 104 Å². The lowest BCUT2D eigenvalue weighted by Gasteiger charge is -2.30. The molecule has 2 unspecified atom stereocenters. The molecule has 10 nitrogen and oxygen atoms in total. The van der Waals surface area contributed by atoms with E-state index in [1.807, 2.05) is 26.0 Å². The Hall–Kier alpha value is -2.24. The van der Waals surface area contributed by atoms with E-state index >= 15 is 0 Å². The smallest absolute Gasteiger partial charge is 0.337 e. The molecule has 0 bridgehead atoms. The van der Waals surface area contributed by atoms with Crippen LogP contribution in [0.15, 0.2) is 23.8 Å². The van der Waals surface area contributed by atoms with Gasteiger partial charge in [-0.05, 0) is 32.8 Å². The number of hydrogen-bond donors (Lipinski definition) is 3. The summed E-state index contributed by atoms with van der Waals surface area (Å²) in [6, 6.07) is 0. The highest BCUT2D eigenvalue weighted by molar-refractivity contribution is 5.88. The molecule has 2 aliphatic rings. The van der Waals surface area contributed by atoms with Crippen molar-refractivity contribution in [2.75, 3.05) is 13.7 Å². The number of ketones is 3. The van der Waals surface area contributed by atoms with Gasteiger partial charge in [-0.3, -0.25) is 14.4 Å². The predicted molar refractivity (Wildman–Crippen MR) is 155 cm³/mol.